The molecule has 0 amide bonds. The lowest BCUT2D eigenvalue weighted by molar-refractivity contribution is 0.511. The van der Waals surface area contributed by atoms with E-state index in [4.69, 9.17) is 0 Å². The summed E-state index contributed by atoms with van der Waals surface area (Å²) in [6, 6.07) is 10.9. The zero-order chi connectivity index (χ0) is 11.5. The lowest BCUT2D eigenvalue weighted by Crippen LogP contribution is -1.89. The number of hydrogen-bond acceptors (Lipinski definition) is 3. The molecule has 4 heteroatoms. The Labute approximate surface area is 95.1 Å². The van der Waals surface area contributed by atoms with Crippen molar-refractivity contribution in [2.45, 2.75) is 0 Å². The minimum atomic E-state index is -2.86. The van der Waals surface area contributed by atoms with Crippen LogP contribution in [-0.2, 0) is 11.0 Å². The first-order valence-electron chi connectivity index (χ1n) is 4.67. The highest BCUT2D eigenvalue weighted by Crippen LogP contribution is 2.22. The van der Waals surface area contributed by atoms with Gasteiger partial charge in [-0.3, -0.25) is 0 Å². The summed E-state index contributed by atoms with van der Waals surface area (Å²) in [5.41, 5.74) is 1.02. The molecule has 0 atom stereocenters. The van der Waals surface area contributed by atoms with Gasteiger partial charge in [-0.25, -0.2) is 0 Å². The van der Waals surface area contributed by atoms with Crippen molar-refractivity contribution >= 4 is 27.8 Å². The predicted octanol–water partition coefficient (Wildman–Crippen LogP) is 2.39. The summed E-state index contributed by atoms with van der Waals surface area (Å²) >= 11 is 0. The lowest BCUT2D eigenvalue weighted by atomic mass is 10.1. The van der Waals surface area contributed by atoms with E-state index in [1.54, 1.807) is 18.2 Å². The van der Waals surface area contributed by atoms with Gasteiger partial charge in [0.2, 0.25) is 0 Å². The Kier molecular flexibility index (Phi) is 2.92. The molecule has 0 bridgehead atoms. The molecule has 2 aromatic carbocycles. The van der Waals surface area contributed by atoms with E-state index in [2.05, 4.69) is 10.8 Å². The molecule has 0 aliphatic rings. The maximum absolute atomic E-state index is 10.4. The number of fused-ring (bicyclic) bond motifs is 1. The molecule has 0 N–H and O–H groups in total. The molecule has 2 aromatic rings. The Morgan fingerprint density at radius 1 is 1.06 bits per heavy atom. The maximum atomic E-state index is 10.4. The fourth-order valence-electron chi connectivity index (χ4n) is 1.51. The molecule has 0 spiro atoms. The smallest absolute Gasteiger partial charge is 0.299 e. The van der Waals surface area contributed by atoms with Crippen molar-refractivity contribution in [1.82, 2.24) is 0 Å². The number of hydrogen-bond donors (Lipinski definition) is 1. The molecule has 0 saturated heterocycles. The molecule has 82 valence electrons. The van der Waals surface area contributed by atoms with Crippen molar-refractivity contribution in [3.8, 4) is 5.75 Å². The van der Waals surface area contributed by atoms with Crippen LogP contribution in [0.5, 0.6) is 5.75 Å². The van der Waals surface area contributed by atoms with Crippen molar-refractivity contribution < 1.29 is 12.6 Å². The largest absolute Gasteiger partial charge is 0.384 e. The fourth-order valence-corrected chi connectivity index (χ4v) is 1.80. The third-order valence-corrected chi connectivity index (χ3v) is 2.61. The van der Waals surface area contributed by atoms with Gasteiger partial charge in [0.15, 0.2) is 0 Å². The zero-order valence-corrected chi connectivity index (χ0v) is 9.31. The van der Waals surface area contributed by atoms with E-state index in [1.807, 2.05) is 24.3 Å². The zero-order valence-electron chi connectivity index (χ0n) is 8.42. The van der Waals surface area contributed by atoms with Crippen molar-refractivity contribution in [1.29, 1.82) is 0 Å². The first-order valence-corrected chi connectivity index (χ1v) is 5.77. The molecule has 0 aliphatic heterocycles. The molecule has 16 heavy (non-hydrogen) atoms. The van der Waals surface area contributed by atoms with Crippen molar-refractivity contribution in [3.63, 3.8) is 0 Å². The molecule has 0 aromatic heterocycles. The van der Waals surface area contributed by atoms with Gasteiger partial charge < -0.3 is 4.18 Å². The van der Waals surface area contributed by atoms with Crippen molar-refractivity contribution in [3.05, 3.63) is 48.5 Å². The van der Waals surface area contributed by atoms with Crippen LogP contribution in [0.25, 0.3) is 16.8 Å². The molecule has 3 nitrogen and oxygen atoms in total. The highest BCUT2D eigenvalue weighted by molar-refractivity contribution is 7.67. The number of rotatable bonds is 3. The SMILES string of the molecule is C=Cc1ccc2cc(O[SH](=O)=O)ccc2c1. The van der Waals surface area contributed by atoms with Crippen LogP contribution < -0.4 is 4.18 Å². The van der Waals surface area contributed by atoms with Gasteiger partial charge in [0.25, 0.3) is 11.0 Å². The Morgan fingerprint density at radius 2 is 1.75 bits per heavy atom. The fraction of sp³-hybridized carbons (Fsp3) is 0. The monoisotopic (exact) mass is 234 g/mol. The van der Waals surface area contributed by atoms with Gasteiger partial charge in [-0.05, 0) is 34.5 Å². The Bertz CT molecular complexity index is 607. The van der Waals surface area contributed by atoms with Crippen molar-refractivity contribution in [2.24, 2.45) is 0 Å². The topological polar surface area (TPSA) is 43.4 Å². The van der Waals surface area contributed by atoms with Gasteiger partial charge in [0.05, 0.1) is 0 Å². The van der Waals surface area contributed by atoms with Gasteiger partial charge in [0, 0.05) is 0 Å². The second-order valence-electron chi connectivity index (χ2n) is 3.29. The predicted molar refractivity (Wildman–Crippen MR) is 65.0 cm³/mol. The Morgan fingerprint density at radius 3 is 2.44 bits per heavy atom. The summed E-state index contributed by atoms with van der Waals surface area (Å²) in [6.45, 7) is 3.69. The minimum absolute atomic E-state index is 0.329. The number of benzene rings is 2. The average Bonchev–Trinajstić information content (AvgIpc) is 2.27. The Hall–Kier alpha value is -1.81. The van der Waals surface area contributed by atoms with Crippen LogP contribution in [0, 0.1) is 0 Å². The van der Waals surface area contributed by atoms with Crippen LogP contribution in [0.3, 0.4) is 0 Å². The summed E-state index contributed by atoms with van der Waals surface area (Å²) in [5.74, 6) is 0.329. The van der Waals surface area contributed by atoms with Crippen LogP contribution in [0.4, 0.5) is 0 Å². The lowest BCUT2D eigenvalue weighted by Gasteiger charge is -2.02. The summed E-state index contributed by atoms with van der Waals surface area (Å²) in [6.07, 6.45) is 1.76. The van der Waals surface area contributed by atoms with E-state index in [-0.39, 0.29) is 0 Å². The minimum Gasteiger partial charge on any atom is -0.384 e. The first-order chi connectivity index (χ1) is 7.69. The van der Waals surface area contributed by atoms with Gasteiger partial charge in [-0.15, -0.1) is 0 Å². The quantitative estimate of drug-likeness (QED) is 0.829. The van der Waals surface area contributed by atoms with Crippen LogP contribution in [-0.4, -0.2) is 8.42 Å². The molecular formula is C12H10O3S. The van der Waals surface area contributed by atoms with E-state index in [0.29, 0.717) is 5.75 Å². The van der Waals surface area contributed by atoms with E-state index < -0.39 is 11.0 Å². The summed E-state index contributed by atoms with van der Waals surface area (Å²) in [5, 5.41) is 1.95. The third-order valence-electron chi connectivity index (χ3n) is 2.25. The van der Waals surface area contributed by atoms with E-state index in [1.165, 1.54) is 0 Å². The van der Waals surface area contributed by atoms with Gasteiger partial charge in [-0.2, -0.15) is 8.42 Å². The molecule has 0 aliphatic carbocycles. The van der Waals surface area contributed by atoms with E-state index >= 15 is 0 Å². The molecule has 0 fully saturated rings. The molecular weight excluding hydrogens is 224 g/mol. The summed E-state index contributed by atoms with van der Waals surface area (Å²) in [4.78, 5) is 0. The maximum Gasteiger partial charge on any atom is 0.299 e. The molecule has 0 saturated carbocycles. The highest BCUT2D eigenvalue weighted by atomic mass is 32.2. The standard InChI is InChI=1S/C12H10O3S/c1-2-9-3-4-11-8-12(15-16(13)14)6-5-10(11)7-9/h2-8,16H,1H2. The van der Waals surface area contributed by atoms with Gasteiger partial charge in [0.1, 0.15) is 5.75 Å². The van der Waals surface area contributed by atoms with E-state index in [9.17, 15) is 8.42 Å². The summed E-state index contributed by atoms with van der Waals surface area (Å²) in [7, 11) is -2.86. The van der Waals surface area contributed by atoms with Crippen LogP contribution in [0.1, 0.15) is 5.56 Å². The van der Waals surface area contributed by atoms with Crippen molar-refractivity contribution in [2.75, 3.05) is 0 Å². The molecule has 0 heterocycles. The van der Waals surface area contributed by atoms with Crippen LogP contribution in [0.15, 0.2) is 43.0 Å². The van der Waals surface area contributed by atoms with Gasteiger partial charge in [-0.1, -0.05) is 30.9 Å². The van der Waals surface area contributed by atoms with Crippen LogP contribution in [0.2, 0.25) is 0 Å². The second-order valence-corrected chi connectivity index (χ2v) is 3.92. The normalized spacial score (nSPS) is 10.6. The Balaban J connectivity index is 2.51. The number of thiol groups is 1. The average molecular weight is 234 g/mol. The van der Waals surface area contributed by atoms with E-state index in [0.717, 1.165) is 16.3 Å². The highest BCUT2D eigenvalue weighted by Gasteiger charge is 1.98. The first kappa shape index (κ1) is 10.7. The molecule has 0 radical (unpaired) electrons. The molecule has 0 unspecified atom stereocenters. The van der Waals surface area contributed by atoms with Gasteiger partial charge >= 0.3 is 0 Å². The third kappa shape index (κ3) is 2.23. The van der Waals surface area contributed by atoms with Crippen LogP contribution >= 0.6 is 0 Å². The second kappa shape index (κ2) is 4.37. The summed E-state index contributed by atoms with van der Waals surface area (Å²) < 4.78 is 25.4. The molecule has 2 rings (SSSR count).